The number of halogens is 1. The summed E-state index contributed by atoms with van der Waals surface area (Å²) in [5.74, 6) is 0.472. The van der Waals surface area contributed by atoms with E-state index in [0.717, 1.165) is 12.8 Å². The summed E-state index contributed by atoms with van der Waals surface area (Å²) in [6.07, 6.45) is 3.12. The van der Waals surface area contributed by atoms with E-state index in [9.17, 15) is 17.6 Å². The van der Waals surface area contributed by atoms with Crippen LogP contribution in [-0.2, 0) is 10.0 Å². The van der Waals surface area contributed by atoms with Crippen LogP contribution in [0.1, 0.15) is 46.1 Å². The molecule has 2 aromatic heterocycles. The normalized spacial score (nSPS) is 17.7. The van der Waals surface area contributed by atoms with Crippen molar-refractivity contribution in [2.24, 2.45) is 0 Å². The zero-order valence-electron chi connectivity index (χ0n) is 21.3. The number of rotatable bonds is 8. The van der Waals surface area contributed by atoms with E-state index < -0.39 is 26.3 Å². The van der Waals surface area contributed by atoms with Crippen molar-refractivity contribution < 1.29 is 17.5 Å². The Kier molecular flexibility index (Phi) is 7.40. The standard InChI is InChI=1S/C27H31FN4O4S/c1-16(2)36-22-14-20(13-21(28)15-22)24-11-10-23(26(30-24)32-17(3)8-9-18(32)4)19(5)31-37(34,35)25-7-6-12-29-27(25)33/h6-7,10-18,31H,5,8-9H2,1-4H3,(H,29,33)/t17-,18+. The number of sulfonamides is 1. The maximum atomic E-state index is 14.4. The van der Waals surface area contributed by atoms with Gasteiger partial charge in [0.05, 0.1) is 17.5 Å². The third-order valence-corrected chi connectivity index (χ3v) is 7.68. The first kappa shape index (κ1) is 26.4. The lowest BCUT2D eigenvalue weighted by Crippen LogP contribution is -2.35. The number of ether oxygens (including phenoxy) is 1. The molecule has 1 aliphatic heterocycles. The number of anilines is 1. The van der Waals surface area contributed by atoms with Gasteiger partial charge >= 0.3 is 0 Å². The van der Waals surface area contributed by atoms with E-state index in [4.69, 9.17) is 9.72 Å². The third kappa shape index (κ3) is 5.69. The fourth-order valence-electron chi connectivity index (χ4n) is 4.59. The molecule has 0 amide bonds. The molecule has 3 heterocycles. The second-order valence-electron chi connectivity index (χ2n) is 9.54. The van der Waals surface area contributed by atoms with Crippen molar-refractivity contribution >= 4 is 21.5 Å². The monoisotopic (exact) mass is 526 g/mol. The zero-order chi connectivity index (χ0) is 26.9. The Labute approximate surface area is 216 Å². The molecule has 196 valence electrons. The lowest BCUT2D eigenvalue weighted by molar-refractivity contribution is 0.241. The van der Waals surface area contributed by atoms with Gasteiger partial charge in [-0.05, 0) is 76.9 Å². The largest absolute Gasteiger partial charge is 0.491 e. The number of benzene rings is 1. The Balaban J connectivity index is 1.78. The maximum absolute atomic E-state index is 14.4. The van der Waals surface area contributed by atoms with Gasteiger partial charge in [0.1, 0.15) is 17.4 Å². The van der Waals surface area contributed by atoms with Crippen LogP contribution in [0.4, 0.5) is 10.2 Å². The molecule has 0 spiro atoms. The molecule has 1 aromatic carbocycles. The first-order valence-electron chi connectivity index (χ1n) is 12.1. The van der Waals surface area contributed by atoms with Crippen molar-refractivity contribution in [2.45, 2.75) is 63.6 Å². The van der Waals surface area contributed by atoms with E-state index in [-0.39, 0.29) is 23.9 Å². The Morgan fingerprint density at radius 2 is 1.89 bits per heavy atom. The third-order valence-electron chi connectivity index (χ3n) is 6.26. The van der Waals surface area contributed by atoms with Crippen LogP contribution in [0, 0.1) is 5.82 Å². The van der Waals surface area contributed by atoms with Gasteiger partial charge in [-0.1, -0.05) is 6.58 Å². The number of pyridine rings is 2. The molecule has 3 aromatic rings. The molecular weight excluding hydrogens is 495 g/mol. The topological polar surface area (TPSA) is 104 Å². The van der Waals surface area contributed by atoms with Crippen LogP contribution in [0.5, 0.6) is 5.75 Å². The molecule has 37 heavy (non-hydrogen) atoms. The number of hydrogen-bond donors (Lipinski definition) is 2. The highest BCUT2D eigenvalue weighted by molar-refractivity contribution is 7.89. The van der Waals surface area contributed by atoms with Gasteiger partial charge in [-0.2, -0.15) is 0 Å². The van der Waals surface area contributed by atoms with E-state index in [0.29, 0.717) is 28.4 Å². The number of aromatic amines is 1. The minimum absolute atomic E-state index is 0.0756. The van der Waals surface area contributed by atoms with Gasteiger partial charge in [-0.15, -0.1) is 0 Å². The van der Waals surface area contributed by atoms with Crippen molar-refractivity contribution in [2.75, 3.05) is 4.90 Å². The van der Waals surface area contributed by atoms with Crippen LogP contribution in [0.3, 0.4) is 0 Å². The fraction of sp³-hybridized carbons (Fsp3) is 0.333. The number of aromatic nitrogens is 2. The molecule has 0 aliphatic carbocycles. The average molecular weight is 527 g/mol. The summed E-state index contributed by atoms with van der Waals surface area (Å²) >= 11 is 0. The van der Waals surface area contributed by atoms with Crippen LogP contribution < -0.4 is 19.9 Å². The molecule has 1 fully saturated rings. The predicted octanol–water partition coefficient (Wildman–Crippen LogP) is 4.69. The van der Waals surface area contributed by atoms with E-state index in [1.165, 1.54) is 30.5 Å². The predicted molar refractivity (Wildman–Crippen MR) is 142 cm³/mol. The maximum Gasteiger partial charge on any atom is 0.268 e. The Morgan fingerprint density at radius 1 is 1.19 bits per heavy atom. The average Bonchev–Trinajstić information content (AvgIpc) is 3.15. The van der Waals surface area contributed by atoms with Crippen molar-refractivity contribution in [3.63, 3.8) is 0 Å². The molecule has 0 saturated carbocycles. The van der Waals surface area contributed by atoms with Gasteiger partial charge in [0.2, 0.25) is 0 Å². The zero-order valence-corrected chi connectivity index (χ0v) is 22.1. The SMILES string of the molecule is C=C(NS(=O)(=O)c1ccc[nH]c1=O)c1ccc(-c2cc(F)cc(OC(C)C)c2)nc1N1[C@H](C)CC[C@@H]1C. The summed E-state index contributed by atoms with van der Waals surface area (Å²) in [7, 11) is -4.20. The fourth-order valence-corrected chi connectivity index (χ4v) is 5.70. The van der Waals surface area contributed by atoms with Crippen molar-refractivity contribution in [1.82, 2.24) is 14.7 Å². The van der Waals surface area contributed by atoms with Crippen molar-refractivity contribution in [3.05, 3.63) is 77.0 Å². The van der Waals surface area contributed by atoms with Gasteiger partial charge in [-0.25, -0.2) is 17.8 Å². The highest BCUT2D eigenvalue weighted by Gasteiger charge is 2.31. The van der Waals surface area contributed by atoms with Crippen LogP contribution in [0.15, 0.2) is 64.9 Å². The Morgan fingerprint density at radius 3 is 2.54 bits per heavy atom. The number of nitrogens with zero attached hydrogens (tertiary/aromatic N) is 2. The molecule has 2 N–H and O–H groups in total. The van der Waals surface area contributed by atoms with E-state index in [1.54, 1.807) is 18.2 Å². The molecule has 0 bridgehead atoms. The summed E-state index contributed by atoms with van der Waals surface area (Å²) in [4.78, 5) is 21.0. The number of H-pyrrole nitrogens is 1. The quantitative estimate of drug-likeness (QED) is 0.441. The highest BCUT2D eigenvalue weighted by Crippen LogP contribution is 2.36. The van der Waals surface area contributed by atoms with Gasteiger partial charge in [0, 0.05) is 35.5 Å². The highest BCUT2D eigenvalue weighted by atomic mass is 32.2. The molecule has 4 rings (SSSR count). The minimum atomic E-state index is -4.20. The van der Waals surface area contributed by atoms with Gasteiger partial charge < -0.3 is 14.6 Å². The number of hydrogen-bond acceptors (Lipinski definition) is 6. The van der Waals surface area contributed by atoms with Gasteiger partial charge in [0.15, 0.2) is 4.90 Å². The molecule has 10 heteroatoms. The Hall–Kier alpha value is -3.66. The molecule has 8 nitrogen and oxygen atoms in total. The second-order valence-corrected chi connectivity index (χ2v) is 11.2. The van der Waals surface area contributed by atoms with Crippen LogP contribution in [0.2, 0.25) is 0 Å². The first-order chi connectivity index (χ1) is 17.5. The van der Waals surface area contributed by atoms with Crippen LogP contribution >= 0.6 is 0 Å². The summed E-state index contributed by atoms with van der Waals surface area (Å²) in [6.45, 7) is 11.8. The molecule has 1 aliphatic rings. The minimum Gasteiger partial charge on any atom is -0.491 e. The summed E-state index contributed by atoms with van der Waals surface area (Å²) in [6, 6.07) is 10.8. The van der Waals surface area contributed by atoms with Crippen molar-refractivity contribution in [1.29, 1.82) is 0 Å². The second kappa shape index (κ2) is 10.4. The van der Waals surface area contributed by atoms with E-state index in [1.807, 2.05) is 13.8 Å². The van der Waals surface area contributed by atoms with Crippen LogP contribution in [-0.4, -0.2) is 36.6 Å². The summed E-state index contributed by atoms with van der Waals surface area (Å²) < 4.78 is 48.5. The first-order valence-corrected chi connectivity index (χ1v) is 13.6. The van der Waals surface area contributed by atoms with E-state index >= 15 is 0 Å². The molecular formula is C27H31FN4O4S. The molecule has 0 unspecified atom stereocenters. The van der Waals surface area contributed by atoms with Gasteiger partial charge in [0.25, 0.3) is 15.6 Å². The Bertz CT molecular complexity index is 1480. The molecule has 2 atom stereocenters. The molecule has 1 saturated heterocycles. The molecule has 0 radical (unpaired) electrons. The van der Waals surface area contributed by atoms with Crippen LogP contribution in [0.25, 0.3) is 17.0 Å². The number of nitrogens with one attached hydrogen (secondary N) is 2. The summed E-state index contributed by atoms with van der Waals surface area (Å²) in [5, 5.41) is 0. The van der Waals surface area contributed by atoms with E-state index in [2.05, 4.69) is 35.0 Å². The summed E-state index contributed by atoms with van der Waals surface area (Å²) in [5.41, 5.74) is 0.851. The lowest BCUT2D eigenvalue weighted by Gasteiger charge is -2.30. The smallest absolute Gasteiger partial charge is 0.268 e. The lowest BCUT2D eigenvalue weighted by atomic mass is 10.1. The van der Waals surface area contributed by atoms with Crippen molar-refractivity contribution in [3.8, 4) is 17.0 Å². The van der Waals surface area contributed by atoms with Gasteiger partial charge in [-0.3, -0.25) is 9.52 Å².